The van der Waals surface area contributed by atoms with Gasteiger partial charge in [0.1, 0.15) is 0 Å². The predicted molar refractivity (Wildman–Crippen MR) is 117 cm³/mol. The van der Waals surface area contributed by atoms with E-state index in [1.54, 1.807) is 11.8 Å². The second kappa shape index (κ2) is 8.23. The van der Waals surface area contributed by atoms with Crippen LogP contribution in [0.5, 0.6) is 0 Å². The number of para-hydroxylation sites is 2. The Labute approximate surface area is 170 Å². The van der Waals surface area contributed by atoms with Crippen LogP contribution in [0.25, 0.3) is 10.9 Å². The van der Waals surface area contributed by atoms with Crippen LogP contribution in [-0.2, 0) is 4.79 Å². The maximum Gasteiger partial charge on any atom is 0.233 e. The number of nitrogens with zero attached hydrogens (tertiary/aromatic N) is 3. The predicted octanol–water partition coefficient (Wildman–Crippen LogP) is 4.29. The smallest absolute Gasteiger partial charge is 0.233 e. The summed E-state index contributed by atoms with van der Waals surface area (Å²) in [5.41, 5.74) is 4.65. The van der Waals surface area contributed by atoms with E-state index in [-0.39, 0.29) is 5.91 Å². The Morgan fingerprint density at radius 3 is 2.46 bits per heavy atom. The Morgan fingerprint density at radius 1 is 0.964 bits per heavy atom. The average molecular weight is 392 g/mol. The fraction of sp³-hybridized carbons (Fsp3) is 0.304. The summed E-state index contributed by atoms with van der Waals surface area (Å²) in [6.07, 6.45) is 0. The number of rotatable bonds is 4. The maximum absolute atomic E-state index is 12.7. The van der Waals surface area contributed by atoms with Crippen LogP contribution >= 0.6 is 11.8 Å². The molecule has 3 aromatic rings. The number of hydrogen-bond donors (Lipinski definition) is 0. The van der Waals surface area contributed by atoms with Crippen molar-refractivity contribution in [2.75, 3.05) is 36.8 Å². The van der Waals surface area contributed by atoms with Gasteiger partial charge in [0, 0.05) is 37.3 Å². The fourth-order valence-corrected chi connectivity index (χ4v) is 4.55. The number of thioether (sulfide) groups is 1. The first-order valence-electron chi connectivity index (χ1n) is 9.69. The molecule has 1 aliphatic rings. The molecule has 1 aromatic heterocycles. The third kappa shape index (κ3) is 3.99. The highest BCUT2D eigenvalue weighted by Gasteiger charge is 2.21. The number of benzene rings is 2. The summed E-state index contributed by atoms with van der Waals surface area (Å²) in [6.45, 7) is 7.51. The Morgan fingerprint density at radius 2 is 1.71 bits per heavy atom. The summed E-state index contributed by atoms with van der Waals surface area (Å²) in [5.74, 6) is 0.636. The quantitative estimate of drug-likeness (QED) is 0.622. The Hall–Kier alpha value is -2.53. The lowest BCUT2D eigenvalue weighted by Gasteiger charge is -2.36. The summed E-state index contributed by atoms with van der Waals surface area (Å²) in [5, 5.41) is 2.11. The number of carbonyl (C=O) groups is 1. The number of fused-ring (bicyclic) bond motifs is 1. The number of aromatic nitrogens is 1. The summed E-state index contributed by atoms with van der Waals surface area (Å²) in [7, 11) is 0. The summed E-state index contributed by atoms with van der Waals surface area (Å²) in [6, 6.07) is 18.8. The second-order valence-electron chi connectivity index (χ2n) is 7.24. The van der Waals surface area contributed by atoms with Crippen LogP contribution in [0.3, 0.4) is 0 Å². The molecule has 5 heteroatoms. The van der Waals surface area contributed by atoms with Crippen LogP contribution < -0.4 is 4.90 Å². The first kappa shape index (κ1) is 18.8. The van der Waals surface area contributed by atoms with Crippen LogP contribution in [-0.4, -0.2) is 47.7 Å². The van der Waals surface area contributed by atoms with Crippen molar-refractivity contribution in [3.05, 3.63) is 65.7 Å². The topological polar surface area (TPSA) is 36.4 Å². The van der Waals surface area contributed by atoms with Crippen molar-refractivity contribution < 1.29 is 4.79 Å². The Bertz CT molecular complexity index is 982. The SMILES string of the molecule is Cc1cc(SCC(=O)N2CCN(c3ccccc3)CC2)nc2c(C)cccc12. The zero-order valence-corrected chi connectivity index (χ0v) is 17.2. The van der Waals surface area contributed by atoms with Gasteiger partial charge in [-0.2, -0.15) is 0 Å². The third-order valence-electron chi connectivity index (χ3n) is 5.32. The lowest BCUT2D eigenvalue weighted by molar-refractivity contribution is -0.128. The van der Waals surface area contributed by atoms with Crippen molar-refractivity contribution in [2.24, 2.45) is 0 Å². The van der Waals surface area contributed by atoms with Gasteiger partial charge >= 0.3 is 0 Å². The van der Waals surface area contributed by atoms with Gasteiger partial charge in [-0.05, 0) is 43.2 Å². The molecule has 1 aliphatic heterocycles. The van der Waals surface area contributed by atoms with E-state index in [1.165, 1.54) is 22.2 Å². The number of carbonyl (C=O) groups excluding carboxylic acids is 1. The number of amides is 1. The molecule has 0 N–H and O–H groups in total. The molecule has 1 fully saturated rings. The summed E-state index contributed by atoms with van der Waals surface area (Å²) in [4.78, 5) is 21.8. The lowest BCUT2D eigenvalue weighted by atomic mass is 10.1. The number of aryl methyl sites for hydroxylation is 2. The second-order valence-corrected chi connectivity index (χ2v) is 8.24. The largest absolute Gasteiger partial charge is 0.368 e. The molecule has 0 atom stereocenters. The summed E-state index contributed by atoms with van der Waals surface area (Å²) < 4.78 is 0. The molecule has 144 valence electrons. The average Bonchev–Trinajstić information content (AvgIpc) is 2.73. The Kier molecular flexibility index (Phi) is 5.53. The van der Waals surface area contributed by atoms with E-state index in [4.69, 9.17) is 4.98 Å². The van der Waals surface area contributed by atoms with Crippen molar-refractivity contribution >= 4 is 34.3 Å². The van der Waals surface area contributed by atoms with Gasteiger partial charge in [-0.15, -0.1) is 0 Å². The highest BCUT2D eigenvalue weighted by Crippen LogP contribution is 2.26. The fourth-order valence-electron chi connectivity index (χ4n) is 3.68. The molecule has 2 aromatic carbocycles. The summed E-state index contributed by atoms with van der Waals surface area (Å²) >= 11 is 1.54. The molecule has 4 rings (SSSR count). The number of anilines is 1. The maximum atomic E-state index is 12.7. The molecule has 0 bridgehead atoms. The zero-order valence-electron chi connectivity index (χ0n) is 16.4. The van der Waals surface area contributed by atoms with Crippen molar-refractivity contribution in [1.29, 1.82) is 0 Å². The van der Waals surface area contributed by atoms with Gasteiger partial charge < -0.3 is 9.80 Å². The normalized spacial score (nSPS) is 14.5. The molecule has 0 spiro atoms. The highest BCUT2D eigenvalue weighted by atomic mass is 32.2. The van der Waals surface area contributed by atoms with Gasteiger partial charge in [0.2, 0.25) is 5.91 Å². The standard InChI is InChI=1S/C23H25N3OS/c1-17-7-6-10-20-18(2)15-21(24-23(17)20)28-16-22(27)26-13-11-25(12-14-26)19-8-4-3-5-9-19/h3-10,15H,11-14,16H2,1-2H3. The number of piperazine rings is 1. The Balaban J connectivity index is 1.36. The molecule has 1 amide bonds. The number of pyridine rings is 1. The van der Waals surface area contributed by atoms with Crippen LogP contribution in [0.2, 0.25) is 0 Å². The van der Waals surface area contributed by atoms with Crippen LogP contribution in [0.15, 0.2) is 59.6 Å². The van der Waals surface area contributed by atoms with Crippen molar-refractivity contribution in [1.82, 2.24) is 9.88 Å². The van der Waals surface area contributed by atoms with Crippen molar-refractivity contribution in [3.63, 3.8) is 0 Å². The van der Waals surface area contributed by atoms with Crippen LogP contribution in [0.4, 0.5) is 5.69 Å². The molecule has 0 radical (unpaired) electrons. The van der Waals surface area contributed by atoms with Gasteiger partial charge in [0.05, 0.1) is 16.3 Å². The number of hydrogen-bond acceptors (Lipinski definition) is 4. The molecule has 1 saturated heterocycles. The third-order valence-corrected chi connectivity index (χ3v) is 6.22. The molecular formula is C23H25N3OS. The molecule has 0 saturated carbocycles. The molecule has 0 aliphatic carbocycles. The molecular weight excluding hydrogens is 366 g/mol. The van der Waals surface area contributed by atoms with Gasteiger partial charge in [0.25, 0.3) is 0 Å². The van der Waals surface area contributed by atoms with Crippen LogP contribution in [0.1, 0.15) is 11.1 Å². The van der Waals surface area contributed by atoms with E-state index < -0.39 is 0 Å². The molecule has 0 unspecified atom stereocenters. The van der Waals surface area contributed by atoms with Crippen molar-refractivity contribution in [3.8, 4) is 0 Å². The molecule has 2 heterocycles. The van der Waals surface area contributed by atoms with E-state index in [0.717, 1.165) is 36.7 Å². The highest BCUT2D eigenvalue weighted by molar-refractivity contribution is 7.99. The molecule has 28 heavy (non-hydrogen) atoms. The van der Waals surface area contributed by atoms with E-state index in [2.05, 4.69) is 67.3 Å². The molecule has 4 nitrogen and oxygen atoms in total. The first-order chi connectivity index (χ1) is 13.6. The monoisotopic (exact) mass is 391 g/mol. The van der Waals surface area contributed by atoms with E-state index in [0.29, 0.717) is 5.75 Å². The van der Waals surface area contributed by atoms with Crippen molar-refractivity contribution in [2.45, 2.75) is 18.9 Å². The van der Waals surface area contributed by atoms with Gasteiger partial charge in [0.15, 0.2) is 0 Å². The minimum absolute atomic E-state index is 0.196. The first-order valence-corrected chi connectivity index (χ1v) is 10.7. The van der Waals surface area contributed by atoms with E-state index >= 15 is 0 Å². The van der Waals surface area contributed by atoms with Gasteiger partial charge in [-0.1, -0.05) is 48.2 Å². The van der Waals surface area contributed by atoms with E-state index in [1.807, 2.05) is 11.0 Å². The minimum atomic E-state index is 0.196. The van der Waals surface area contributed by atoms with Gasteiger partial charge in [-0.25, -0.2) is 4.98 Å². The minimum Gasteiger partial charge on any atom is -0.368 e. The zero-order chi connectivity index (χ0) is 19.5. The van der Waals surface area contributed by atoms with Gasteiger partial charge in [-0.3, -0.25) is 4.79 Å². The van der Waals surface area contributed by atoms with Crippen LogP contribution in [0, 0.1) is 13.8 Å². The lowest BCUT2D eigenvalue weighted by Crippen LogP contribution is -2.49. The van der Waals surface area contributed by atoms with E-state index in [9.17, 15) is 4.79 Å².